The molecule has 1 fully saturated rings. The maximum absolute atomic E-state index is 6.27. The summed E-state index contributed by atoms with van der Waals surface area (Å²) >= 11 is 0. The molecule has 2 aromatic rings. The molecule has 0 bridgehead atoms. The van der Waals surface area contributed by atoms with Crippen LogP contribution in [0.4, 0.5) is 0 Å². The summed E-state index contributed by atoms with van der Waals surface area (Å²) < 4.78 is 12.2. The highest BCUT2D eigenvalue weighted by molar-refractivity contribution is 5.42. The van der Waals surface area contributed by atoms with E-state index >= 15 is 0 Å². The van der Waals surface area contributed by atoms with Crippen molar-refractivity contribution in [1.29, 1.82) is 0 Å². The molecule has 144 valence electrons. The van der Waals surface area contributed by atoms with Crippen LogP contribution in [0.2, 0.25) is 0 Å². The van der Waals surface area contributed by atoms with Gasteiger partial charge in [-0.05, 0) is 55.3 Å². The zero-order chi connectivity index (χ0) is 18.3. The fraction of sp³-hybridized carbons (Fsp3) is 0.500. The van der Waals surface area contributed by atoms with Gasteiger partial charge in [-0.25, -0.2) is 0 Å². The van der Waals surface area contributed by atoms with Crippen LogP contribution in [0, 0.1) is 5.92 Å². The predicted molar refractivity (Wildman–Crippen MR) is 109 cm³/mol. The molecule has 3 nitrogen and oxygen atoms in total. The van der Waals surface area contributed by atoms with Crippen molar-refractivity contribution in [2.45, 2.75) is 57.7 Å². The lowest BCUT2D eigenvalue weighted by atomic mass is 9.89. The summed E-state index contributed by atoms with van der Waals surface area (Å²) in [7, 11) is 0. The molecule has 0 radical (unpaired) electrons. The lowest BCUT2D eigenvalue weighted by Gasteiger charge is -2.28. The number of nitrogens with one attached hydrogen (secondary N) is 1. The number of fused-ring (bicyclic) bond motifs is 1. The average Bonchev–Trinajstić information content (AvgIpc) is 2.73. The Hall–Kier alpha value is -2.00. The zero-order valence-electron chi connectivity index (χ0n) is 16.2. The standard InChI is InChI=1S/C24H31NO2/c1-3-7-19(8-4-1)16-25-17-23-14-12-21-11-13-22(15-24(21)27-23)26-18-20-9-5-2-6-10-20/h2,5-6,9-11,13,15,19,23,25H,1,3-4,7-8,12,14,16-18H2. The van der Waals surface area contributed by atoms with Gasteiger partial charge >= 0.3 is 0 Å². The van der Waals surface area contributed by atoms with E-state index in [2.05, 4.69) is 35.6 Å². The maximum Gasteiger partial charge on any atom is 0.126 e. The highest BCUT2D eigenvalue weighted by atomic mass is 16.5. The molecule has 1 aliphatic carbocycles. The van der Waals surface area contributed by atoms with E-state index in [9.17, 15) is 0 Å². The molecule has 1 aliphatic heterocycles. The molecule has 1 heterocycles. The monoisotopic (exact) mass is 365 g/mol. The topological polar surface area (TPSA) is 30.5 Å². The molecule has 2 aromatic carbocycles. The second kappa shape index (κ2) is 9.27. The first kappa shape index (κ1) is 18.4. The predicted octanol–water partition coefficient (Wildman–Crippen LogP) is 5.13. The molecular formula is C24H31NO2. The van der Waals surface area contributed by atoms with E-state index in [1.807, 2.05) is 18.2 Å². The van der Waals surface area contributed by atoms with Crippen LogP contribution < -0.4 is 14.8 Å². The number of benzene rings is 2. The van der Waals surface area contributed by atoms with Crippen LogP contribution in [0.5, 0.6) is 11.5 Å². The van der Waals surface area contributed by atoms with Crippen LogP contribution >= 0.6 is 0 Å². The third-order valence-electron chi connectivity index (χ3n) is 5.85. The third-order valence-corrected chi connectivity index (χ3v) is 5.85. The minimum atomic E-state index is 0.269. The van der Waals surface area contributed by atoms with Gasteiger partial charge in [-0.3, -0.25) is 0 Å². The van der Waals surface area contributed by atoms with Crippen molar-refractivity contribution in [2.75, 3.05) is 13.1 Å². The van der Waals surface area contributed by atoms with E-state index < -0.39 is 0 Å². The first-order valence-electron chi connectivity index (χ1n) is 10.5. The Morgan fingerprint density at radius 2 is 1.78 bits per heavy atom. The van der Waals surface area contributed by atoms with Crippen LogP contribution in [0.15, 0.2) is 48.5 Å². The Balaban J connectivity index is 1.27. The lowest BCUT2D eigenvalue weighted by molar-refractivity contribution is 0.166. The molecule has 4 rings (SSSR count). The third kappa shape index (κ3) is 5.26. The Morgan fingerprint density at radius 1 is 0.926 bits per heavy atom. The minimum Gasteiger partial charge on any atom is -0.489 e. The Labute approximate surface area is 163 Å². The van der Waals surface area contributed by atoms with Crippen LogP contribution in [-0.4, -0.2) is 19.2 Å². The van der Waals surface area contributed by atoms with E-state index in [-0.39, 0.29) is 6.10 Å². The number of hydrogen-bond acceptors (Lipinski definition) is 3. The van der Waals surface area contributed by atoms with E-state index in [0.717, 1.165) is 43.3 Å². The van der Waals surface area contributed by atoms with Crippen molar-refractivity contribution >= 4 is 0 Å². The van der Waals surface area contributed by atoms with Crippen LogP contribution in [-0.2, 0) is 13.0 Å². The van der Waals surface area contributed by atoms with Crippen molar-refractivity contribution in [3.63, 3.8) is 0 Å². The normalized spacial score (nSPS) is 19.9. The Kier molecular flexibility index (Phi) is 6.31. The highest BCUT2D eigenvalue weighted by Gasteiger charge is 2.21. The quantitative estimate of drug-likeness (QED) is 0.738. The molecule has 0 spiro atoms. The molecule has 1 atom stereocenters. The van der Waals surface area contributed by atoms with Gasteiger partial charge in [0.25, 0.3) is 0 Å². The van der Waals surface area contributed by atoms with Gasteiger partial charge < -0.3 is 14.8 Å². The first-order valence-corrected chi connectivity index (χ1v) is 10.5. The van der Waals surface area contributed by atoms with Crippen LogP contribution in [0.25, 0.3) is 0 Å². The summed E-state index contributed by atoms with van der Waals surface area (Å²) in [5.74, 6) is 2.75. The van der Waals surface area contributed by atoms with Crippen molar-refractivity contribution in [1.82, 2.24) is 5.32 Å². The second-order valence-electron chi connectivity index (χ2n) is 7.98. The highest BCUT2D eigenvalue weighted by Crippen LogP contribution is 2.31. The molecule has 1 saturated carbocycles. The first-order chi connectivity index (χ1) is 13.4. The van der Waals surface area contributed by atoms with Gasteiger partial charge in [0, 0.05) is 12.6 Å². The van der Waals surface area contributed by atoms with Gasteiger partial charge in [-0.2, -0.15) is 0 Å². The fourth-order valence-electron chi connectivity index (χ4n) is 4.22. The largest absolute Gasteiger partial charge is 0.489 e. The molecule has 27 heavy (non-hydrogen) atoms. The number of ether oxygens (including phenoxy) is 2. The number of aryl methyl sites for hydroxylation is 1. The van der Waals surface area contributed by atoms with Crippen molar-refractivity contribution in [3.05, 3.63) is 59.7 Å². The zero-order valence-corrected chi connectivity index (χ0v) is 16.2. The minimum absolute atomic E-state index is 0.269. The summed E-state index contributed by atoms with van der Waals surface area (Å²) in [6.45, 7) is 2.68. The van der Waals surface area contributed by atoms with E-state index in [1.54, 1.807) is 0 Å². The molecular weight excluding hydrogens is 334 g/mol. The summed E-state index contributed by atoms with van der Waals surface area (Å²) in [6.07, 6.45) is 9.47. The molecule has 1 unspecified atom stereocenters. The van der Waals surface area contributed by atoms with Gasteiger partial charge in [0.2, 0.25) is 0 Å². The fourth-order valence-corrected chi connectivity index (χ4v) is 4.22. The summed E-state index contributed by atoms with van der Waals surface area (Å²) in [5, 5.41) is 3.66. The van der Waals surface area contributed by atoms with Crippen LogP contribution in [0.1, 0.15) is 49.7 Å². The van der Waals surface area contributed by atoms with E-state index in [4.69, 9.17) is 9.47 Å². The average molecular weight is 366 g/mol. The van der Waals surface area contributed by atoms with Gasteiger partial charge in [0.05, 0.1) is 0 Å². The summed E-state index contributed by atoms with van der Waals surface area (Å²) in [5.41, 5.74) is 2.48. The van der Waals surface area contributed by atoms with Gasteiger partial charge in [-0.15, -0.1) is 0 Å². The Bertz CT molecular complexity index is 710. The van der Waals surface area contributed by atoms with Gasteiger partial charge in [0.15, 0.2) is 0 Å². The van der Waals surface area contributed by atoms with Crippen molar-refractivity contribution < 1.29 is 9.47 Å². The summed E-state index contributed by atoms with van der Waals surface area (Å²) in [6, 6.07) is 16.6. The summed E-state index contributed by atoms with van der Waals surface area (Å²) in [4.78, 5) is 0. The molecule has 0 amide bonds. The van der Waals surface area contributed by atoms with Crippen molar-refractivity contribution in [2.24, 2.45) is 5.92 Å². The molecule has 3 heteroatoms. The smallest absolute Gasteiger partial charge is 0.126 e. The van der Waals surface area contributed by atoms with Gasteiger partial charge in [0.1, 0.15) is 24.2 Å². The second-order valence-corrected chi connectivity index (χ2v) is 7.98. The maximum atomic E-state index is 6.27. The SMILES string of the molecule is c1ccc(COc2ccc3c(c2)OC(CNCC2CCCCC2)CC3)cc1. The van der Waals surface area contributed by atoms with Crippen LogP contribution in [0.3, 0.4) is 0 Å². The van der Waals surface area contributed by atoms with Crippen molar-refractivity contribution in [3.8, 4) is 11.5 Å². The molecule has 1 N–H and O–H groups in total. The number of hydrogen-bond donors (Lipinski definition) is 1. The van der Waals surface area contributed by atoms with Gasteiger partial charge in [-0.1, -0.05) is 55.7 Å². The molecule has 2 aliphatic rings. The lowest BCUT2D eigenvalue weighted by Crippen LogP contribution is -2.36. The molecule has 0 aromatic heterocycles. The van der Waals surface area contributed by atoms with E-state index in [1.165, 1.54) is 43.2 Å². The molecule has 0 saturated heterocycles. The Morgan fingerprint density at radius 3 is 2.63 bits per heavy atom. The number of rotatable bonds is 7. The van der Waals surface area contributed by atoms with E-state index in [0.29, 0.717) is 6.61 Å².